The number of nitrogens with zero attached hydrogens (tertiary/aromatic N) is 2. The molecule has 0 radical (unpaired) electrons. The van der Waals surface area contributed by atoms with Crippen LogP contribution in [0, 0.1) is 0 Å². The van der Waals surface area contributed by atoms with Gasteiger partial charge in [-0.1, -0.05) is 6.07 Å². The predicted molar refractivity (Wildman–Crippen MR) is 109 cm³/mol. The first-order chi connectivity index (χ1) is 15.3. The zero-order chi connectivity index (χ0) is 22.6. The van der Waals surface area contributed by atoms with Gasteiger partial charge in [-0.3, -0.25) is 19.7 Å². The number of fused-ring (bicyclic) bond motifs is 2. The Morgan fingerprint density at radius 3 is 2.78 bits per heavy atom. The van der Waals surface area contributed by atoms with Gasteiger partial charge in [0.2, 0.25) is 11.6 Å². The fourth-order valence-corrected chi connectivity index (χ4v) is 4.01. The summed E-state index contributed by atoms with van der Waals surface area (Å²) in [5, 5.41) is 5.23. The van der Waals surface area contributed by atoms with Gasteiger partial charge in [0.1, 0.15) is 11.5 Å². The monoisotopic (exact) mass is 435 g/mol. The molecule has 4 N–H and O–H groups in total. The third kappa shape index (κ3) is 2.86. The number of rotatable bonds is 5. The van der Waals surface area contributed by atoms with Crippen molar-refractivity contribution in [2.45, 2.75) is 12.1 Å². The molecule has 0 saturated carbocycles. The first-order valence-corrected chi connectivity index (χ1v) is 9.60. The number of imide groups is 1. The molecule has 1 aromatic carbocycles. The van der Waals surface area contributed by atoms with Gasteiger partial charge in [0.15, 0.2) is 5.54 Å². The summed E-state index contributed by atoms with van der Waals surface area (Å²) in [4.78, 5) is 55.0. The van der Waals surface area contributed by atoms with Crippen LogP contribution in [0.4, 0.5) is 4.79 Å². The number of pyridine rings is 1. The van der Waals surface area contributed by atoms with Crippen LogP contribution in [-0.4, -0.2) is 47.3 Å². The highest BCUT2D eigenvalue weighted by atomic mass is 16.5. The molecule has 11 nitrogen and oxygen atoms in total. The second-order valence-corrected chi connectivity index (χ2v) is 7.59. The molecule has 32 heavy (non-hydrogen) atoms. The molecule has 0 bridgehead atoms. The van der Waals surface area contributed by atoms with Crippen LogP contribution in [0.3, 0.4) is 0 Å². The summed E-state index contributed by atoms with van der Waals surface area (Å²) in [6.07, 6.45) is 1.26. The Morgan fingerprint density at radius 1 is 1.28 bits per heavy atom. The molecule has 5 rings (SSSR count). The van der Waals surface area contributed by atoms with Crippen LogP contribution in [0.5, 0.6) is 5.75 Å². The minimum atomic E-state index is -1.67. The maximum atomic E-state index is 13.0. The van der Waals surface area contributed by atoms with Crippen LogP contribution in [0.2, 0.25) is 0 Å². The van der Waals surface area contributed by atoms with E-state index in [1.54, 1.807) is 18.2 Å². The van der Waals surface area contributed by atoms with Crippen molar-refractivity contribution >= 4 is 34.9 Å². The molecule has 1 atom stereocenters. The van der Waals surface area contributed by atoms with Gasteiger partial charge in [0.25, 0.3) is 11.8 Å². The van der Waals surface area contributed by atoms with E-state index in [0.717, 1.165) is 5.56 Å². The molecule has 162 valence electrons. The number of nitrogens with two attached hydrogens (primary N) is 1. The van der Waals surface area contributed by atoms with Crippen LogP contribution in [0.15, 0.2) is 40.9 Å². The van der Waals surface area contributed by atoms with Crippen molar-refractivity contribution < 1.29 is 28.3 Å². The Morgan fingerprint density at radius 2 is 2.09 bits per heavy atom. The topological polar surface area (TPSA) is 157 Å². The van der Waals surface area contributed by atoms with Gasteiger partial charge in [-0.25, -0.2) is 9.78 Å². The second kappa shape index (κ2) is 6.80. The lowest BCUT2D eigenvalue weighted by Gasteiger charge is -2.28. The quantitative estimate of drug-likeness (QED) is 0.496. The number of carbonyl (C=O) groups excluding carboxylic acids is 4. The van der Waals surface area contributed by atoms with Gasteiger partial charge in [-0.2, -0.15) is 0 Å². The number of nitrogens with one attached hydrogen (secondary N) is 2. The van der Waals surface area contributed by atoms with E-state index in [1.807, 2.05) is 0 Å². The summed E-state index contributed by atoms with van der Waals surface area (Å²) in [6.45, 7) is 0.0657. The minimum Gasteiger partial charge on any atom is -0.497 e. The van der Waals surface area contributed by atoms with Gasteiger partial charge in [0, 0.05) is 23.7 Å². The number of hydrogen-bond acceptors (Lipinski definition) is 7. The molecule has 11 heteroatoms. The lowest BCUT2D eigenvalue weighted by Crippen LogP contribution is -2.52. The number of hydrogen-bond donors (Lipinski definition) is 3. The van der Waals surface area contributed by atoms with E-state index in [-0.39, 0.29) is 36.0 Å². The average molecular weight is 435 g/mol. The number of ether oxygens (including phenoxy) is 1. The van der Waals surface area contributed by atoms with Gasteiger partial charge >= 0.3 is 6.03 Å². The van der Waals surface area contributed by atoms with Crippen LogP contribution in [-0.2, 0) is 16.9 Å². The fraction of sp³-hybridized carbons (Fsp3) is 0.190. The summed E-state index contributed by atoms with van der Waals surface area (Å²) < 4.78 is 11.0. The second-order valence-electron chi connectivity index (χ2n) is 7.59. The highest BCUT2D eigenvalue weighted by molar-refractivity contribution is 6.08. The number of urea groups is 1. The Labute approximate surface area is 180 Å². The number of aromatic nitrogens is 1. The summed E-state index contributed by atoms with van der Waals surface area (Å²) in [7, 11) is 1.51. The van der Waals surface area contributed by atoms with Crippen molar-refractivity contribution in [3.8, 4) is 5.75 Å². The van der Waals surface area contributed by atoms with Crippen LogP contribution in [0.1, 0.15) is 32.0 Å². The van der Waals surface area contributed by atoms with Crippen molar-refractivity contribution in [3.63, 3.8) is 0 Å². The van der Waals surface area contributed by atoms with Gasteiger partial charge in [0.05, 0.1) is 19.2 Å². The molecule has 1 saturated heterocycles. The number of amides is 5. The van der Waals surface area contributed by atoms with E-state index in [0.29, 0.717) is 16.7 Å². The zero-order valence-electron chi connectivity index (χ0n) is 16.8. The summed E-state index contributed by atoms with van der Waals surface area (Å²) in [5.74, 6) is -1.03. The maximum absolute atomic E-state index is 13.0. The van der Waals surface area contributed by atoms with Gasteiger partial charge in [-0.05, 0) is 29.8 Å². The summed E-state index contributed by atoms with van der Waals surface area (Å²) in [6, 6.07) is 7.42. The van der Waals surface area contributed by atoms with E-state index in [4.69, 9.17) is 14.9 Å². The lowest BCUT2D eigenvalue weighted by atomic mass is 9.95. The number of carbonyl (C=O) groups is 4. The molecule has 2 aliphatic heterocycles. The SMILES string of the molecule is COc1ccc2c(c1)C(=O)N(C[C@@]1(c3cc4cc(C(N)=O)cnc4o3)NC(=O)NC1=O)C2. The molecule has 0 unspecified atom stereocenters. The number of methoxy groups -OCH3 is 1. The third-order valence-corrected chi connectivity index (χ3v) is 5.64. The zero-order valence-corrected chi connectivity index (χ0v) is 16.8. The molecule has 2 aromatic heterocycles. The van der Waals surface area contributed by atoms with Crippen LogP contribution in [0.25, 0.3) is 11.1 Å². The maximum Gasteiger partial charge on any atom is 0.322 e. The molecule has 3 aromatic rings. The van der Waals surface area contributed by atoms with Crippen molar-refractivity contribution in [3.05, 3.63) is 59.0 Å². The van der Waals surface area contributed by atoms with Crippen molar-refractivity contribution in [1.82, 2.24) is 20.5 Å². The van der Waals surface area contributed by atoms with Crippen molar-refractivity contribution in [1.29, 1.82) is 0 Å². The molecule has 0 aliphatic carbocycles. The predicted octanol–water partition coefficient (Wildman–Crippen LogP) is 0.626. The average Bonchev–Trinajstić information content (AvgIpc) is 3.41. The molecule has 5 amide bonds. The highest BCUT2D eigenvalue weighted by Gasteiger charge is 2.53. The first-order valence-electron chi connectivity index (χ1n) is 9.60. The molecule has 2 aliphatic rings. The molecule has 4 heterocycles. The molecule has 0 spiro atoms. The number of furan rings is 1. The largest absolute Gasteiger partial charge is 0.497 e. The molecule has 1 fully saturated rings. The first kappa shape index (κ1) is 19.5. The standard InChI is InChI=1S/C21H17N5O6/c1-31-13-3-2-10-8-26(18(28)14(10)6-13)9-21(19(29)24-20(30)25-21)15-5-11-4-12(16(22)27)7-23-17(11)32-15/h2-7H,8-9H2,1H3,(H2,22,27)(H2,24,25,29,30)/t21-/m0/s1. The van der Waals surface area contributed by atoms with Gasteiger partial charge < -0.3 is 25.1 Å². The fourth-order valence-electron chi connectivity index (χ4n) is 4.01. The highest BCUT2D eigenvalue weighted by Crippen LogP contribution is 2.34. The Kier molecular flexibility index (Phi) is 4.16. The summed E-state index contributed by atoms with van der Waals surface area (Å²) in [5.41, 5.74) is 5.18. The van der Waals surface area contributed by atoms with E-state index < -0.39 is 23.4 Å². The minimum absolute atomic E-state index is 0.0753. The van der Waals surface area contributed by atoms with E-state index in [2.05, 4.69) is 15.6 Å². The third-order valence-electron chi connectivity index (χ3n) is 5.64. The van der Waals surface area contributed by atoms with Crippen LogP contribution >= 0.6 is 0 Å². The smallest absolute Gasteiger partial charge is 0.322 e. The lowest BCUT2D eigenvalue weighted by molar-refractivity contribution is -0.125. The van der Waals surface area contributed by atoms with Crippen LogP contribution < -0.4 is 21.1 Å². The number of primary amides is 1. The van der Waals surface area contributed by atoms with E-state index >= 15 is 0 Å². The van der Waals surface area contributed by atoms with Crippen molar-refractivity contribution in [2.75, 3.05) is 13.7 Å². The molecular formula is C21H17N5O6. The van der Waals surface area contributed by atoms with Gasteiger partial charge in [-0.15, -0.1) is 0 Å². The Balaban J connectivity index is 1.55. The van der Waals surface area contributed by atoms with Crippen molar-refractivity contribution in [2.24, 2.45) is 5.73 Å². The molecular weight excluding hydrogens is 418 g/mol. The Hall–Kier alpha value is -4.41. The summed E-state index contributed by atoms with van der Waals surface area (Å²) >= 11 is 0. The Bertz CT molecular complexity index is 1330. The number of benzene rings is 1. The van der Waals surface area contributed by atoms with E-state index in [9.17, 15) is 19.2 Å². The van der Waals surface area contributed by atoms with E-state index in [1.165, 1.54) is 30.3 Å². The normalized spacial score (nSPS) is 19.8.